The maximum atomic E-state index is 12.3. The van der Waals surface area contributed by atoms with Gasteiger partial charge in [-0.2, -0.15) is 0 Å². The van der Waals surface area contributed by atoms with Gasteiger partial charge in [0.15, 0.2) is 6.61 Å². The molecule has 2 rings (SSSR count). The molecule has 0 aliphatic carbocycles. The molecule has 0 fully saturated rings. The normalized spacial score (nSPS) is 12.0. The van der Waals surface area contributed by atoms with Crippen molar-refractivity contribution in [3.05, 3.63) is 65.7 Å². The van der Waals surface area contributed by atoms with Crippen LogP contribution in [0.2, 0.25) is 0 Å². The topological polar surface area (TPSA) is 73.9 Å². The van der Waals surface area contributed by atoms with Crippen molar-refractivity contribution in [2.24, 2.45) is 0 Å². The molecule has 0 heterocycles. The van der Waals surface area contributed by atoms with E-state index < -0.39 is 23.7 Å². The third-order valence-corrected chi connectivity index (χ3v) is 3.57. The number of alkyl carbamates (subject to hydrolysis) is 1. The molecule has 2 aromatic rings. The van der Waals surface area contributed by atoms with Gasteiger partial charge in [0, 0.05) is 0 Å². The summed E-state index contributed by atoms with van der Waals surface area (Å²) in [7, 11) is 1.30. The highest BCUT2D eigenvalue weighted by Crippen LogP contribution is 2.26. The second kappa shape index (κ2) is 9.07. The third-order valence-electron chi connectivity index (χ3n) is 3.57. The van der Waals surface area contributed by atoms with Crippen LogP contribution in [0, 0.1) is 0 Å². The summed E-state index contributed by atoms with van der Waals surface area (Å²) in [6.07, 6.45) is -0.516. The predicted molar refractivity (Wildman–Crippen MR) is 102 cm³/mol. The standard InChI is InChI=1S/C21H25NO5/c1-21(2,3)27-20(24)22-19(15-9-6-5-7-10-15)16-11-8-12-17(13-16)26-14-18(23)25-4/h5-13,19H,14H2,1-4H3,(H,22,24). The molecule has 0 spiro atoms. The van der Waals surface area contributed by atoms with Gasteiger partial charge >= 0.3 is 12.1 Å². The highest BCUT2D eigenvalue weighted by atomic mass is 16.6. The number of carbonyl (C=O) groups excluding carboxylic acids is 2. The lowest BCUT2D eigenvalue weighted by atomic mass is 9.98. The van der Waals surface area contributed by atoms with Crippen molar-refractivity contribution in [2.45, 2.75) is 32.4 Å². The molecule has 1 atom stereocenters. The second-order valence-electron chi connectivity index (χ2n) is 6.93. The Morgan fingerprint density at radius 2 is 1.67 bits per heavy atom. The number of ether oxygens (including phenoxy) is 3. The van der Waals surface area contributed by atoms with E-state index in [4.69, 9.17) is 9.47 Å². The molecule has 6 nitrogen and oxygen atoms in total. The van der Waals surface area contributed by atoms with Crippen LogP contribution >= 0.6 is 0 Å². The molecular weight excluding hydrogens is 346 g/mol. The monoisotopic (exact) mass is 371 g/mol. The molecule has 0 bridgehead atoms. The molecular formula is C21H25NO5. The van der Waals surface area contributed by atoms with Gasteiger partial charge in [0.25, 0.3) is 0 Å². The minimum Gasteiger partial charge on any atom is -0.482 e. The van der Waals surface area contributed by atoms with Gasteiger partial charge in [-0.3, -0.25) is 0 Å². The zero-order valence-electron chi connectivity index (χ0n) is 16.0. The quantitative estimate of drug-likeness (QED) is 0.781. The van der Waals surface area contributed by atoms with Crippen molar-refractivity contribution in [3.63, 3.8) is 0 Å². The van der Waals surface area contributed by atoms with Crippen LogP contribution < -0.4 is 10.1 Å². The first kappa shape index (κ1) is 20.3. The first-order valence-corrected chi connectivity index (χ1v) is 8.62. The number of esters is 1. The van der Waals surface area contributed by atoms with E-state index >= 15 is 0 Å². The van der Waals surface area contributed by atoms with E-state index in [0.29, 0.717) is 5.75 Å². The molecule has 1 unspecified atom stereocenters. The van der Waals surface area contributed by atoms with Crippen molar-refractivity contribution in [1.29, 1.82) is 0 Å². The summed E-state index contributed by atoms with van der Waals surface area (Å²) in [6, 6.07) is 16.3. The number of rotatable bonds is 6. The molecule has 0 aliphatic rings. The van der Waals surface area contributed by atoms with Crippen LogP contribution in [0.4, 0.5) is 4.79 Å². The third kappa shape index (κ3) is 6.66. The second-order valence-corrected chi connectivity index (χ2v) is 6.93. The first-order valence-electron chi connectivity index (χ1n) is 8.62. The Balaban J connectivity index is 2.25. The van der Waals surface area contributed by atoms with Crippen molar-refractivity contribution in [3.8, 4) is 5.75 Å². The Labute approximate surface area is 159 Å². The lowest BCUT2D eigenvalue weighted by Crippen LogP contribution is -2.35. The van der Waals surface area contributed by atoms with Gasteiger partial charge < -0.3 is 19.5 Å². The molecule has 144 valence electrons. The largest absolute Gasteiger partial charge is 0.482 e. The summed E-state index contributed by atoms with van der Waals surface area (Å²) in [5, 5.41) is 2.90. The van der Waals surface area contributed by atoms with Crippen molar-refractivity contribution in [1.82, 2.24) is 5.32 Å². The van der Waals surface area contributed by atoms with E-state index in [2.05, 4.69) is 10.1 Å². The van der Waals surface area contributed by atoms with E-state index in [1.165, 1.54) is 7.11 Å². The lowest BCUT2D eigenvalue weighted by molar-refractivity contribution is -0.142. The molecule has 0 radical (unpaired) electrons. The van der Waals surface area contributed by atoms with Gasteiger partial charge in [0.2, 0.25) is 0 Å². The SMILES string of the molecule is COC(=O)COc1cccc(C(NC(=O)OC(C)(C)C)c2ccccc2)c1. The van der Waals surface area contributed by atoms with Gasteiger partial charge in [-0.15, -0.1) is 0 Å². The highest BCUT2D eigenvalue weighted by Gasteiger charge is 2.22. The molecule has 0 saturated heterocycles. The Bertz CT molecular complexity index is 768. The zero-order chi connectivity index (χ0) is 19.9. The molecule has 1 amide bonds. The molecule has 0 saturated carbocycles. The number of hydrogen-bond acceptors (Lipinski definition) is 5. The predicted octanol–water partition coefficient (Wildman–Crippen LogP) is 3.85. The van der Waals surface area contributed by atoms with Crippen LogP contribution in [0.15, 0.2) is 54.6 Å². The number of carbonyl (C=O) groups is 2. The minimum absolute atomic E-state index is 0.185. The Morgan fingerprint density at radius 1 is 1.00 bits per heavy atom. The summed E-state index contributed by atoms with van der Waals surface area (Å²) < 4.78 is 15.4. The van der Waals surface area contributed by atoms with Crippen molar-refractivity contribution >= 4 is 12.1 Å². The number of methoxy groups -OCH3 is 1. The number of hydrogen-bond donors (Lipinski definition) is 1. The summed E-state index contributed by atoms with van der Waals surface area (Å²) in [4.78, 5) is 23.6. The Hall–Kier alpha value is -3.02. The van der Waals surface area contributed by atoms with Gasteiger partial charge in [0.05, 0.1) is 13.2 Å². The molecule has 2 aromatic carbocycles. The van der Waals surface area contributed by atoms with Gasteiger partial charge in [0.1, 0.15) is 11.4 Å². The summed E-state index contributed by atoms with van der Waals surface area (Å²) in [6.45, 7) is 5.25. The summed E-state index contributed by atoms with van der Waals surface area (Å²) in [5.74, 6) is 0.0386. The summed E-state index contributed by atoms with van der Waals surface area (Å²) in [5.41, 5.74) is 1.10. The minimum atomic E-state index is -0.600. The average molecular weight is 371 g/mol. The number of amides is 1. The average Bonchev–Trinajstić information content (AvgIpc) is 2.63. The van der Waals surface area contributed by atoms with Crippen molar-refractivity contribution in [2.75, 3.05) is 13.7 Å². The highest BCUT2D eigenvalue weighted by molar-refractivity contribution is 5.71. The molecule has 1 N–H and O–H groups in total. The van der Waals surface area contributed by atoms with Crippen LogP contribution in [0.5, 0.6) is 5.75 Å². The van der Waals surface area contributed by atoms with E-state index in [1.807, 2.05) is 57.2 Å². The Kier molecular flexibility index (Phi) is 6.82. The van der Waals surface area contributed by atoms with Gasteiger partial charge in [-0.05, 0) is 44.0 Å². The number of benzene rings is 2. The van der Waals surface area contributed by atoms with Crippen molar-refractivity contribution < 1.29 is 23.8 Å². The van der Waals surface area contributed by atoms with E-state index in [9.17, 15) is 9.59 Å². The fraction of sp³-hybridized carbons (Fsp3) is 0.333. The van der Waals surface area contributed by atoms with Crippen LogP contribution in [0.25, 0.3) is 0 Å². The Morgan fingerprint density at radius 3 is 2.30 bits per heavy atom. The van der Waals surface area contributed by atoms with Crippen LogP contribution in [0.3, 0.4) is 0 Å². The first-order chi connectivity index (χ1) is 12.8. The van der Waals surface area contributed by atoms with Crippen LogP contribution in [-0.2, 0) is 14.3 Å². The fourth-order valence-electron chi connectivity index (χ4n) is 2.42. The maximum Gasteiger partial charge on any atom is 0.408 e. The van der Waals surface area contributed by atoms with E-state index in [-0.39, 0.29) is 6.61 Å². The zero-order valence-corrected chi connectivity index (χ0v) is 16.0. The summed E-state index contributed by atoms with van der Waals surface area (Å²) >= 11 is 0. The molecule has 6 heteroatoms. The van der Waals surface area contributed by atoms with E-state index in [0.717, 1.165) is 11.1 Å². The smallest absolute Gasteiger partial charge is 0.408 e. The lowest BCUT2D eigenvalue weighted by Gasteiger charge is -2.24. The van der Waals surface area contributed by atoms with Crippen LogP contribution in [0.1, 0.15) is 37.9 Å². The molecule has 0 aliphatic heterocycles. The fourth-order valence-corrected chi connectivity index (χ4v) is 2.42. The molecule has 27 heavy (non-hydrogen) atoms. The van der Waals surface area contributed by atoms with E-state index in [1.54, 1.807) is 18.2 Å². The maximum absolute atomic E-state index is 12.3. The molecule has 0 aromatic heterocycles. The van der Waals surface area contributed by atoms with Crippen LogP contribution in [-0.4, -0.2) is 31.4 Å². The number of nitrogens with one attached hydrogen (secondary N) is 1. The van der Waals surface area contributed by atoms with Gasteiger partial charge in [-0.1, -0.05) is 42.5 Å². The van der Waals surface area contributed by atoms with Gasteiger partial charge in [-0.25, -0.2) is 9.59 Å².